The van der Waals surface area contributed by atoms with Crippen molar-refractivity contribution in [3.63, 3.8) is 0 Å². The number of aliphatic hydroxyl groups excluding tert-OH is 3. The minimum Gasteiger partial charge on any atom is -0.481 e. The van der Waals surface area contributed by atoms with Crippen molar-refractivity contribution in [3.05, 3.63) is 0 Å². The molecule has 0 bridgehead atoms. The number of aliphatic carboxylic acids is 1. The molecule has 0 saturated heterocycles. The quantitative estimate of drug-likeness (QED) is 0.478. The predicted octanol–water partition coefficient (Wildman–Crippen LogP) is 4.47. The molecule has 4 saturated carbocycles. The SMILES string of the molecule is CC(CCC[C@@H](C)C1CCC2C3C(C[C@H](O)[C@@]21C)[C@@]1(C)CC[C@@H](O)C[C@H]1C[C@H]3O)C(=O)O. The van der Waals surface area contributed by atoms with Gasteiger partial charge in [-0.15, -0.1) is 0 Å². The van der Waals surface area contributed by atoms with Gasteiger partial charge in [-0.25, -0.2) is 0 Å². The first-order chi connectivity index (χ1) is 15.0. The van der Waals surface area contributed by atoms with Crippen LogP contribution in [0.25, 0.3) is 0 Å². The first-order valence-corrected chi connectivity index (χ1v) is 13.3. The number of rotatable bonds is 6. The van der Waals surface area contributed by atoms with Crippen LogP contribution in [0.4, 0.5) is 0 Å². The molecule has 0 aromatic rings. The molecule has 0 spiro atoms. The lowest BCUT2D eigenvalue weighted by Gasteiger charge is -2.63. The Morgan fingerprint density at radius 1 is 0.969 bits per heavy atom. The normalized spacial score (nSPS) is 50.1. The van der Waals surface area contributed by atoms with Crippen LogP contribution in [0.15, 0.2) is 0 Å². The largest absolute Gasteiger partial charge is 0.481 e. The zero-order valence-electron chi connectivity index (χ0n) is 20.5. The van der Waals surface area contributed by atoms with E-state index in [0.29, 0.717) is 36.0 Å². The molecule has 0 heterocycles. The molecular formula is C27H46O5. The highest BCUT2D eigenvalue weighted by Gasteiger charge is 2.65. The molecule has 4 fully saturated rings. The summed E-state index contributed by atoms with van der Waals surface area (Å²) in [7, 11) is 0. The third-order valence-corrected chi connectivity index (χ3v) is 11.2. The van der Waals surface area contributed by atoms with Gasteiger partial charge in [0.05, 0.1) is 24.2 Å². The van der Waals surface area contributed by atoms with E-state index in [1.165, 1.54) is 0 Å². The number of carbonyl (C=O) groups is 1. The lowest BCUT2D eigenvalue weighted by atomic mass is 9.43. The Morgan fingerprint density at radius 3 is 2.38 bits per heavy atom. The molecular weight excluding hydrogens is 404 g/mol. The smallest absolute Gasteiger partial charge is 0.306 e. The Morgan fingerprint density at radius 2 is 1.69 bits per heavy atom. The third kappa shape index (κ3) is 3.84. The monoisotopic (exact) mass is 450 g/mol. The number of hydrogen-bond acceptors (Lipinski definition) is 4. The van der Waals surface area contributed by atoms with E-state index in [2.05, 4.69) is 20.8 Å². The van der Waals surface area contributed by atoms with Gasteiger partial charge in [0.25, 0.3) is 0 Å². The highest BCUT2D eigenvalue weighted by molar-refractivity contribution is 5.69. The van der Waals surface area contributed by atoms with E-state index in [9.17, 15) is 25.2 Å². The van der Waals surface area contributed by atoms with E-state index < -0.39 is 5.97 Å². The van der Waals surface area contributed by atoms with E-state index in [4.69, 9.17) is 0 Å². The summed E-state index contributed by atoms with van der Waals surface area (Å²) < 4.78 is 0. The fourth-order valence-electron chi connectivity index (χ4n) is 9.20. The van der Waals surface area contributed by atoms with Crippen molar-refractivity contribution in [1.29, 1.82) is 0 Å². The average molecular weight is 451 g/mol. The molecule has 12 atom stereocenters. The van der Waals surface area contributed by atoms with Crippen molar-refractivity contribution < 1.29 is 25.2 Å². The Bertz CT molecular complexity index is 696. The second-order valence-corrected chi connectivity index (χ2v) is 12.7. The van der Waals surface area contributed by atoms with Gasteiger partial charge < -0.3 is 20.4 Å². The zero-order chi connectivity index (χ0) is 23.4. The third-order valence-electron chi connectivity index (χ3n) is 11.2. The van der Waals surface area contributed by atoms with Crippen LogP contribution in [0.5, 0.6) is 0 Å². The minimum atomic E-state index is -0.715. The molecule has 0 aromatic carbocycles. The van der Waals surface area contributed by atoms with Crippen LogP contribution in [0.1, 0.15) is 91.9 Å². The molecule has 4 rings (SSSR count). The summed E-state index contributed by atoms with van der Waals surface area (Å²) in [5.41, 5.74) is -0.0561. The van der Waals surface area contributed by atoms with Crippen LogP contribution >= 0.6 is 0 Å². The average Bonchev–Trinajstić information content (AvgIpc) is 3.08. The molecule has 32 heavy (non-hydrogen) atoms. The van der Waals surface area contributed by atoms with E-state index in [1.54, 1.807) is 6.92 Å². The minimum absolute atomic E-state index is 0.113. The van der Waals surface area contributed by atoms with Crippen LogP contribution < -0.4 is 0 Å². The molecule has 4 N–H and O–H groups in total. The van der Waals surface area contributed by atoms with Crippen LogP contribution in [-0.2, 0) is 4.79 Å². The van der Waals surface area contributed by atoms with Gasteiger partial charge in [0.1, 0.15) is 0 Å². The van der Waals surface area contributed by atoms with Gasteiger partial charge >= 0.3 is 5.97 Å². The maximum atomic E-state index is 11.6. The molecule has 0 radical (unpaired) electrons. The fraction of sp³-hybridized carbons (Fsp3) is 0.963. The van der Waals surface area contributed by atoms with Crippen molar-refractivity contribution in [2.24, 2.45) is 52.3 Å². The Balaban J connectivity index is 1.51. The van der Waals surface area contributed by atoms with Gasteiger partial charge in [-0.3, -0.25) is 4.79 Å². The molecule has 5 unspecified atom stereocenters. The fourth-order valence-corrected chi connectivity index (χ4v) is 9.20. The summed E-state index contributed by atoms with van der Waals surface area (Å²) in [4.78, 5) is 11.2. The molecule has 4 aliphatic rings. The molecule has 0 amide bonds. The first kappa shape index (κ1) is 24.5. The number of carboxylic acid groups (broad SMARTS) is 1. The summed E-state index contributed by atoms with van der Waals surface area (Å²) in [5.74, 6) is 1.16. The van der Waals surface area contributed by atoms with E-state index in [-0.39, 0.29) is 41.0 Å². The number of hydrogen-bond donors (Lipinski definition) is 4. The van der Waals surface area contributed by atoms with Crippen LogP contribution in [0.2, 0.25) is 0 Å². The van der Waals surface area contributed by atoms with Crippen LogP contribution in [0, 0.1) is 52.3 Å². The maximum absolute atomic E-state index is 11.6. The molecule has 5 heteroatoms. The molecule has 4 aliphatic carbocycles. The van der Waals surface area contributed by atoms with Crippen molar-refractivity contribution >= 4 is 5.97 Å². The Kier molecular flexibility index (Phi) is 6.77. The molecule has 0 aromatic heterocycles. The van der Waals surface area contributed by atoms with Gasteiger partial charge in [0.2, 0.25) is 0 Å². The van der Waals surface area contributed by atoms with E-state index in [0.717, 1.165) is 57.8 Å². The predicted molar refractivity (Wildman–Crippen MR) is 124 cm³/mol. The van der Waals surface area contributed by atoms with Crippen LogP contribution in [0.3, 0.4) is 0 Å². The first-order valence-electron chi connectivity index (χ1n) is 13.3. The van der Waals surface area contributed by atoms with E-state index in [1.807, 2.05) is 0 Å². The van der Waals surface area contributed by atoms with Crippen molar-refractivity contribution in [2.75, 3.05) is 0 Å². The molecule has 5 nitrogen and oxygen atoms in total. The van der Waals surface area contributed by atoms with Gasteiger partial charge in [-0.05, 0) is 97.7 Å². The molecule has 184 valence electrons. The zero-order valence-corrected chi connectivity index (χ0v) is 20.5. The van der Waals surface area contributed by atoms with E-state index >= 15 is 0 Å². The summed E-state index contributed by atoms with van der Waals surface area (Å²) >= 11 is 0. The number of fused-ring (bicyclic) bond motifs is 5. The highest BCUT2D eigenvalue weighted by Crippen LogP contribution is 2.68. The number of aliphatic hydroxyl groups is 3. The maximum Gasteiger partial charge on any atom is 0.306 e. The lowest BCUT2D eigenvalue weighted by Crippen LogP contribution is -2.62. The van der Waals surface area contributed by atoms with Gasteiger partial charge in [0, 0.05) is 0 Å². The Labute approximate surface area is 194 Å². The lowest BCUT2D eigenvalue weighted by molar-refractivity contribution is -0.207. The summed E-state index contributed by atoms with van der Waals surface area (Å²) in [5, 5.41) is 42.4. The number of carboxylic acids is 1. The second kappa shape index (κ2) is 8.85. The van der Waals surface area contributed by atoms with Crippen molar-refractivity contribution in [1.82, 2.24) is 0 Å². The van der Waals surface area contributed by atoms with Gasteiger partial charge in [-0.1, -0.05) is 40.5 Å². The summed E-state index contributed by atoms with van der Waals surface area (Å²) in [6.07, 6.45) is 8.11. The van der Waals surface area contributed by atoms with Crippen molar-refractivity contribution in [3.8, 4) is 0 Å². The highest BCUT2D eigenvalue weighted by atomic mass is 16.4. The Hall–Kier alpha value is -0.650. The topological polar surface area (TPSA) is 98.0 Å². The standard InChI is InChI=1S/C27H46O5/c1-15(6-5-7-16(2)25(31)32)19-8-9-20-24-21(14-23(30)27(19,20)4)26(3)11-10-18(28)12-17(26)13-22(24)29/h15-24,28-30H,5-14H2,1-4H3,(H,31,32)/t15-,16?,17+,18-,19?,20?,21?,22-,23+,24?,26+,27-/m1/s1. The summed E-state index contributed by atoms with van der Waals surface area (Å²) in [6.45, 7) is 8.74. The van der Waals surface area contributed by atoms with Gasteiger partial charge in [-0.2, -0.15) is 0 Å². The van der Waals surface area contributed by atoms with Gasteiger partial charge in [0.15, 0.2) is 0 Å². The molecule has 0 aliphatic heterocycles. The summed E-state index contributed by atoms with van der Waals surface area (Å²) in [6, 6.07) is 0. The van der Waals surface area contributed by atoms with Crippen LogP contribution in [-0.4, -0.2) is 44.7 Å². The van der Waals surface area contributed by atoms with Crippen molar-refractivity contribution in [2.45, 2.75) is 110 Å². The second-order valence-electron chi connectivity index (χ2n) is 12.7.